The quantitative estimate of drug-likeness (QED) is 0.850. The summed E-state index contributed by atoms with van der Waals surface area (Å²) >= 11 is 0. The summed E-state index contributed by atoms with van der Waals surface area (Å²) in [7, 11) is 1.64. The van der Waals surface area contributed by atoms with Crippen molar-refractivity contribution in [2.45, 2.75) is 13.3 Å². The fourth-order valence-electron chi connectivity index (χ4n) is 2.34. The van der Waals surface area contributed by atoms with E-state index in [2.05, 4.69) is 5.32 Å². The summed E-state index contributed by atoms with van der Waals surface area (Å²) in [6.07, 6.45) is 0.431. The van der Waals surface area contributed by atoms with Crippen molar-refractivity contribution in [2.75, 3.05) is 30.4 Å². The van der Waals surface area contributed by atoms with Gasteiger partial charge in [0.25, 0.3) is 0 Å². The maximum absolute atomic E-state index is 12.4. The van der Waals surface area contributed by atoms with Crippen molar-refractivity contribution in [3.8, 4) is 5.75 Å². The molecule has 0 radical (unpaired) electrons. The molecule has 116 valence electrons. The number of hydrogen-bond acceptors (Lipinski definition) is 3. The zero-order valence-electron chi connectivity index (χ0n) is 13.1. The molecule has 0 saturated heterocycles. The largest absolute Gasteiger partial charge is 0.495 e. The van der Waals surface area contributed by atoms with Crippen molar-refractivity contribution < 1.29 is 9.53 Å². The Morgan fingerprint density at radius 1 is 1.09 bits per heavy atom. The molecule has 0 unspecified atom stereocenters. The highest BCUT2D eigenvalue weighted by Gasteiger charge is 2.13. The lowest BCUT2D eigenvalue weighted by Gasteiger charge is -2.21. The number of carbonyl (C=O) groups is 1. The van der Waals surface area contributed by atoms with Crippen LogP contribution in [-0.2, 0) is 4.79 Å². The third-order valence-corrected chi connectivity index (χ3v) is 3.45. The molecule has 0 bridgehead atoms. The van der Waals surface area contributed by atoms with E-state index in [1.54, 1.807) is 12.0 Å². The summed E-state index contributed by atoms with van der Waals surface area (Å²) in [6.45, 7) is 3.22. The van der Waals surface area contributed by atoms with Gasteiger partial charge >= 0.3 is 0 Å². The van der Waals surface area contributed by atoms with Crippen molar-refractivity contribution in [3.63, 3.8) is 0 Å². The fraction of sp³-hybridized carbons (Fsp3) is 0.278. The number of hydrogen-bond donors (Lipinski definition) is 1. The molecule has 0 aliphatic heterocycles. The number of ether oxygens (including phenoxy) is 1. The molecule has 2 aromatic carbocycles. The molecule has 0 spiro atoms. The molecule has 0 heterocycles. The van der Waals surface area contributed by atoms with Crippen molar-refractivity contribution in [1.29, 1.82) is 0 Å². The van der Waals surface area contributed by atoms with Crippen LogP contribution in [0.25, 0.3) is 0 Å². The van der Waals surface area contributed by atoms with Gasteiger partial charge < -0.3 is 15.0 Å². The molecule has 22 heavy (non-hydrogen) atoms. The van der Waals surface area contributed by atoms with Gasteiger partial charge in [-0.2, -0.15) is 0 Å². The second-order valence-electron chi connectivity index (χ2n) is 4.85. The molecule has 2 rings (SSSR count). The number of rotatable bonds is 7. The van der Waals surface area contributed by atoms with Crippen LogP contribution < -0.4 is 15.0 Å². The summed E-state index contributed by atoms with van der Waals surface area (Å²) in [5.74, 6) is 0.890. The summed E-state index contributed by atoms with van der Waals surface area (Å²) in [4.78, 5) is 14.2. The Kier molecular flexibility index (Phi) is 5.83. The van der Waals surface area contributed by atoms with Gasteiger partial charge in [0, 0.05) is 25.2 Å². The van der Waals surface area contributed by atoms with Crippen LogP contribution in [0.4, 0.5) is 11.4 Å². The standard InChI is InChI=1S/C18H22N2O2/c1-3-20(15-9-5-4-6-10-15)18(21)13-14-19-16-11-7-8-12-17(16)22-2/h4-12,19H,3,13-14H2,1-2H3. The first-order valence-corrected chi connectivity index (χ1v) is 7.48. The minimum atomic E-state index is 0.107. The van der Waals surface area contributed by atoms with Crippen molar-refractivity contribution in [3.05, 3.63) is 54.6 Å². The topological polar surface area (TPSA) is 41.6 Å². The number of anilines is 2. The first-order valence-electron chi connectivity index (χ1n) is 7.48. The summed E-state index contributed by atoms with van der Waals surface area (Å²) in [6, 6.07) is 17.4. The molecule has 4 heteroatoms. The van der Waals surface area contributed by atoms with E-state index in [-0.39, 0.29) is 5.91 Å². The molecule has 1 N–H and O–H groups in total. The average molecular weight is 298 g/mol. The zero-order chi connectivity index (χ0) is 15.8. The predicted octanol–water partition coefficient (Wildman–Crippen LogP) is 3.55. The Morgan fingerprint density at radius 3 is 2.45 bits per heavy atom. The Hall–Kier alpha value is -2.49. The molecule has 0 fully saturated rings. The highest BCUT2D eigenvalue weighted by atomic mass is 16.5. The van der Waals surface area contributed by atoms with Crippen LogP contribution in [0.3, 0.4) is 0 Å². The number of nitrogens with one attached hydrogen (secondary N) is 1. The minimum Gasteiger partial charge on any atom is -0.495 e. The number of nitrogens with zero attached hydrogens (tertiary/aromatic N) is 1. The lowest BCUT2D eigenvalue weighted by Crippen LogP contribution is -2.31. The maximum atomic E-state index is 12.4. The van der Waals surface area contributed by atoms with Gasteiger partial charge in [0.1, 0.15) is 5.75 Å². The van der Waals surface area contributed by atoms with Crippen molar-refractivity contribution >= 4 is 17.3 Å². The van der Waals surface area contributed by atoms with Crippen molar-refractivity contribution in [2.24, 2.45) is 0 Å². The molecule has 0 aliphatic carbocycles. The van der Waals surface area contributed by atoms with Crippen LogP contribution in [0.2, 0.25) is 0 Å². The Morgan fingerprint density at radius 2 is 1.77 bits per heavy atom. The smallest absolute Gasteiger partial charge is 0.228 e. The first-order chi connectivity index (χ1) is 10.8. The maximum Gasteiger partial charge on any atom is 0.228 e. The third kappa shape index (κ3) is 4.01. The monoisotopic (exact) mass is 298 g/mol. The molecule has 0 aromatic heterocycles. The van der Waals surface area contributed by atoms with Crippen LogP contribution in [0.1, 0.15) is 13.3 Å². The van der Waals surface area contributed by atoms with Gasteiger partial charge in [-0.3, -0.25) is 4.79 Å². The summed E-state index contributed by atoms with van der Waals surface area (Å²) in [5, 5.41) is 3.25. The SMILES string of the molecule is CCN(C(=O)CCNc1ccccc1OC)c1ccccc1. The van der Waals surface area contributed by atoms with E-state index in [4.69, 9.17) is 4.74 Å². The van der Waals surface area contributed by atoms with E-state index in [9.17, 15) is 4.79 Å². The molecule has 1 amide bonds. The summed E-state index contributed by atoms with van der Waals surface area (Å²) < 4.78 is 5.28. The van der Waals surface area contributed by atoms with Crippen LogP contribution in [0.15, 0.2) is 54.6 Å². The second kappa shape index (κ2) is 8.08. The summed E-state index contributed by atoms with van der Waals surface area (Å²) in [5.41, 5.74) is 1.84. The Balaban J connectivity index is 1.92. The predicted molar refractivity (Wildman–Crippen MR) is 90.6 cm³/mol. The van der Waals surface area contributed by atoms with Crippen LogP contribution >= 0.6 is 0 Å². The van der Waals surface area contributed by atoms with Gasteiger partial charge in [-0.25, -0.2) is 0 Å². The van der Waals surface area contributed by atoms with Crippen LogP contribution in [0.5, 0.6) is 5.75 Å². The lowest BCUT2D eigenvalue weighted by atomic mass is 10.2. The average Bonchev–Trinajstić information content (AvgIpc) is 2.57. The molecule has 0 atom stereocenters. The number of para-hydroxylation sites is 3. The third-order valence-electron chi connectivity index (χ3n) is 3.45. The van der Waals surface area contributed by atoms with Crippen LogP contribution in [0, 0.1) is 0 Å². The molecule has 0 saturated carbocycles. The van der Waals surface area contributed by atoms with E-state index in [0.717, 1.165) is 17.1 Å². The normalized spacial score (nSPS) is 10.1. The van der Waals surface area contributed by atoms with E-state index >= 15 is 0 Å². The van der Waals surface area contributed by atoms with Crippen LogP contribution in [-0.4, -0.2) is 26.1 Å². The van der Waals surface area contributed by atoms with E-state index in [0.29, 0.717) is 19.5 Å². The van der Waals surface area contributed by atoms with Gasteiger partial charge in [0.05, 0.1) is 12.8 Å². The second-order valence-corrected chi connectivity index (χ2v) is 4.85. The first kappa shape index (κ1) is 15.9. The molecule has 2 aromatic rings. The lowest BCUT2D eigenvalue weighted by molar-refractivity contribution is -0.118. The van der Waals surface area contributed by atoms with E-state index in [1.807, 2.05) is 61.5 Å². The number of amides is 1. The van der Waals surface area contributed by atoms with Gasteiger partial charge in [-0.1, -0.05) is 30.3 Å². The molecular weight excluding hydrogens is 276 g/mol. The molecule has 0 aliphatic rings. The fourth-order valence-corrected chi connectivity index (χ4v) is 2.34. The molecule has 4 nitrogen and oxygen atoms in total. The minimum absolute atomic E-state index is 0.107. The van der Waals surface area contributed by atoms with Gasteiger partial charge in [-0.15, -0.1) is 0 Å². The number of carbonyl (C=O) groups excluding carboxylic acids is 1. The van der Waals surface area contributed by atoms with Gasteiger partial charge in [-0.05, 0) is 31.2 Å². The van der Waals surface area contributed by atoms with E-state index < -0.39 is 0 Å². The van der Waals surface area contributed by atoms with E-state index in [1.165, 1.54) is 0 Å². The van der Waals surface area contributed by atoms with Gasteiger partial charge in [0.15, 0.2) is 0 Å². The highest BCUT2D eigenvalue weighted by Crippen LogP contribution is 2.23. The Bertz CT molecular complexity index is 599. The van der Waals surface area contributed by atoms with Gasteiger partial charge in [0.2, 0.25) is 5.91 Å². The number of methoxy groups -OCH3 is 1. The zero-order valence-corrected chi connectivity index (χ0v) is 13.1. The Labute approximate surface area is 131 Å². The highest BCUT2D eigenvalue weighted by molar-refractivity contribution is 5.93. The number of benzene rings is 2. The van der Waals surface area contributed by atoms with Crippen molar-refractivity contribution in [1.82, 2.24) is 0 Å². The molecular formula is C18H22N2O2.